The molecule has 0 aliphatic heterocycles. The lowest BCUT2D eigenvalue weighted by atomic mass is 9.78. The molecule has 0 spiro atoms. The van der Waals surface area contributed by atoms with Crippen LogP contribution in [0.3, 0.4) is 0 Å². The van der Waals surface area contributed by atoms with Gasteiger partial charge in [-0.25, -0.2) is 13.2 Å². The number of rotatable bonds is 13. The molecule has 2 nitrogen and oxygen atoms in total. The highest BCUT2D eigenvalue weighted by Crippen LogP contribution is 2.40. The van der Waals surface area contributed by atoms with E-state index in [-0.39, 0.29) is 35.2 Å². The van der Waals surface area contributed by atoms with Crippen LogP contribution in [0.5, 0.6) is 5.75 Å². The van der Waals surface area contributed by atoms with Crippen molar-refractivity contribution in [3.05, 3.63) is 83.0 Å². The van der Waals surface area contributed by atoms with E-state index in [0.717, 1.165) is 64.4 Å². The van der Waals surface area contributed by atoms with Gasteiger partial charge in [0.2, 0.25) is 5.82 Å². The van der Waals surface area contributed by atoms with Gasteiger partial charge in [0.05, 0.1) is 12.7 Å². The number of unbranched alkanes of at least 4 members (excludes halogenated alkanes) is 2. The van der Waals surface area contributed by atoms with Crippen LogP contribution in [0.4, 0.5) is 17.6 Å². The average molecular weight is 573 g/mol. The molecule has 2 fully saturated rings. The number of benzene rings is 2. The first-order valence-corrected chi connectivity index (χ1v) is 15.4. The SMILES string of the molecule is C=CCCCOc1ccc(C2CCC(/C=C/c3ccc(C4CCC(OCCCC)CC4)c(F)c3F)CC2)c(F)c1F. The smallest absolute Gasteiger partial charge is 0.200 e. The first-order valence-electron chi connectivity index (χ1n) is 15.4. The van der Waals surface area contributed by atoms with Crippen molar-refractivity contribution in [1.29, 1.82) is 0 Å². The van der Waals surface area contributed by atoms with E-state index in [9.17, 15) is 8.78 Å². The maximum absolute atomic E-state index is 15.1. The summed E-state index contributed by atoms with van der Waals surface area (Å²) in [7, 11) is 0. The predicted molar refractivity (Wildman–Crippen MR) is 157 cm³/mol. The summed E-state index contributed by atoms with van der Waals surface area (Å²) in [5.74, 6) is -3.24. The van der Waals surface area contributed by atoms with Crippen molar-refractivity contribution >= 4 is 6.08 Å². The summed E-state index contributed by atoms with van der Waals surface area (Å²) in [4.78, 5) is 0. The van der Waals surface area contributed by atoms with Crippen LogP contribution in [0.15, 0.2) is 43.0 Å². The predicted octanol–water partition coefficient (Wildman–Crippen LogP) is 10.4. The fourth-order valence-electron chi connectivity index (χ4n) is 6.20. The fraction of sp³-hybridized carbons (Fsp3) is 0.543. The summed E-state index contributed by atoms with van der Waals surface area (Å²) in [5.41, 5.74) is 1.10. The molecular weight excluding hydrogens is 528 g/mol. The van der Waals surface area contributed by atoms with Crippen molar-refractivity contribution in [3.8, 4) is 5.75 Å². The highest BCUT2D eigenvalue weighted by atomic mass is 19.2. The third kappa shape index (κ3) is 8.24. The standard InChI is InChI=1S/C35H44F4O2/c1-3-5-7-23-41-31-21-20-30(34(38)35(31)39)25-11-8-24(9-12-25)10-13-27-16-19-29(33(37)32(27)36)26-14-17-28(18-15-26)40-22-6-4-2/h3,10,13,16,19-21,24-26,28H,1,4-9,11-12,14-15,17-18,22-23H2,2H3/b13-10+. The van der Waals surface area contributed by atoms with Gasteiger partial charge in [0, 0.05) is 12.2 Å². The largest absolute Gasteiger partial charge is 0.490 e. The number of hydrogen-bond acceptors (Lipinski definition) is 2. The Balaban J connectivity index is 1.29. The van der Waals surface area contributed by atoms with Gasteiger partial charge in [-0.2, -0.15) is 4.39 Å². The first-order chi connectivity index (χ1) is 19.9. The molecule has 0 bridgehead atoms. The van der Waals surface area contributed by atoms with Crippen LogP contribution in [-0.2, 0) is 4.74 Å². The lowest BCUT2D eigenvalue weighted by Gasteiger charge is -2.29. The zero-order valence-corrected chi connectivity index (χ0v) is 24.3. The van der Waals surface area contributed by atoms with E-state index < -0.39 is 23.3 Å². The number of halogens is 4. The van der Waals surface area contributed by atoms with Gasteiger partial charge in [0.1, 0.15) is 0 Å². The van der Waals surface area contributed by atoms with Crippen LogP contribution in [-0.4, -0.2) is 19.3 Å². The summed E-state index contributed by atoms with van der Waals surface area (Å²) < 4.78 is 70.9. The van der Waals surface area contributed by atoms with Crippen molar-refractivity contribution in [2.24, 2.45) is 5.92 Å². The van der Waals surface area contributed by atoms with Crippen molar-refractivity contribution in [2.45, 2.75) is 102 Å². The summed E-state index contributed by atoms with van der Waals surface area (Å²) in [6.45, 7) is 6.85. The first kappa shape index (κ1) is 31.3. The Morgan fingerprint density at radius 3 is 2.05 bits per heavy atom. The Hall–Kier alpha value is -2.60. The minimum Gasteiger partial charge on any atom is -0.490 e. The van der Waals surface area contributed by atoms with Crippen LogP contribution in [0, 0.1) is 29.2 Å². The molecule has 0 saturated heterocycles. The molecule has 224 valence electrons. The molecule has 6 heteroatoms. The molecule has 2 aliphatic carbocycles. The van der Waals surface area contributed by atoms with E-state index in [2.05, 4.69) is 13.5 Å². The molecule has 0 atom stereocenters. The van der Waals surface area contributed by atoms with E-state index in [1.807, 2.05) is 6.08 Å². The second-order valence-electron chi connectivity index (χ2n) is 11.6. The van der Waals surface area contributed by atoms with Crippen molar-refractivity contribution in [2.75, 3.05) is 13.2 Å². The zero-order valence-electron chi connectivity index (χ0n) is 24.3. The third-order valence-corrected chi connectivity index (χ3v) is 8.75. The van der Waals surface area contributed by atoms with Gasteiger partial charge in [-0.3, -0.25) is 0 Å². The molecule has 0 radical (unpaired) electrons. The molecule has 0 aromatic heterocycles. The van der Waals surface area contributed by atoms with Crippen LogP contribution >= 0.6 is 0 Å². The van der Waals surface area contributed by atoms with Crippen molar-refractivity contribution in [3.63, 3.8) is 0 Å². The Kier molecular flexibility index (Phi) is 11.9. The Morgan fingerprint density at radius 2 is 1.39 bits per heavy atom. The minimum atomic E-state index is -0.933. The van der Waals surface area contributed by atoms with E-state index in [1.54, 1.807) is 30.4 Å². The summed E-state index contributed by atoms with van der Waals surface area (Å²) in [6, 6.07) is 6.57. The fourth-order valence-corrected chi connectivity index (χ4v) is 6.20. The molecule has 0 amide bonds. The van der Waals surface area contributed by atoms with Gasteiger partial charge >= 0.3 is 0 Å². The van der Waals surface area contributed by atoms with Gasteiger partial charge in [-0.1, -0.05) is 49.8 Å². The molecule has 0 heterocycles. The molecule has 2 aromatic rings. The molecule has 4 rings (SSSR count). The van der Waals surface area contributed by atoms with Crippen LogP contribution < -0.4 is 4.74 Å². The topological polar surface area (TPSA) is 18.5 Å². The molecule has 41 heavy (non-hydrogen) atoms. The summed E-state index contributed by atoms with van der Waals surface area (Å²) in [6.07, 6.45) is 15.5. The molecule has 0 N–H and O–H groups in total. The second-order valence-corrected chi connectivity index (χ2v) is 11.6. The van der Waals surface area contributed by atoms with Gasteiger partial charge in [0.25, 0.3) is 0 Å². The molecule has 2 aromatic carbocycles. The van der Waals surface area contributed by atoms with Crippen molar-refractivity contribution in [1.82, 2.24) is 0 Å². The summed E-state index contributed by atoms with van der Waals surface area (Å²) in [5, 5.41) is 0. The van der Waals surface area contributed by atoms with Gasteiger partial charge in [-0.05, 0) is 106 Å². The highest BCUT2D eigenvalue weighted by Gasteiger charge is 2.28. The number of ether oxygens (including phenoxy) is 2. The maximum Gasteiger partial charge on any atom is 0.200 e. The maximum atomic E-state index is 15.1. The second kappa shape index (κ2) is 15.6. The Morgan fingerprint density at radius 1 is 0.756 bits per heavy atom. The molecule has 2 saturated carbocycles. The van der Waals surface area contributed by atoms with Crippen LogP contribution in [0.2, 0.25) is 0 Å². The van der Waals surface area contributed by atoms with E-state index >= 15 is 8.78 Å². The highest BCUT2D eigenvalue weighted by molar-refractivity contribution is 5.52. The van der Waals surface area contributed by atoms with Gasteiger partial charge < -0.3 is 9.47 Å². The number of allylic oxidation sites excluding steroid dienone is 2. The normalized spacial score (nSPS) is 23.1. The minimum absolute atomic E-state index is 0.0203. The van der Waals surface area contributed by atoms with E-state index in [4.69, 9.17) is 9.47 Å². The van der Waals surface area contributed by atoms with E-state index in [1.165, 1.54) is 6.07 Å². The van der Waals surface area contributed by atoms with Crippen LogP contribution in [0.25, 0.3) is 6.08 Å². The monoisotopic (exact) mass is 572 g/mol. The van der Waals surface area contributed by atoms with Gasteiger partial charge in [0.15, 0.2) is 23.2 Å². The van der Waals surface area contributed by atoms with E-state index in [0.29, 0.717) is 37.0 Å². The number of hydrogen-bond donors (Lipinski definition) is 0. The Labute approximate surface area is 242 Å². The Bertz CT molecular complexity index is 1160. The molecule has 0 unspecified atom stereocenters. The summed E-state index contributed by atoms with van der Waals surface area (Å²) >= 11 is 0. The average Bonchev–Trinajstić information content (AvgIpc) is 2.99. The van der Waals surface area contributed by atoms with Crippen LogP contribution in [0.1, 0.15) is 112 Å². The lowest BCUT2D eigenvalue weighted by molar-refractivity contribution is 0.0230. The van der Waals surface area contributed by atoms with Gasteiger partial charge in [-0.15, -0.1) is 6.58 Å². The third-order valence-electron chi connectivity index (χ3n) is 8.75. The van der Waals surface area contributed by atoms with Crippen molar-refractivity contribution < 1.29 is 27.0 Å². The lowest BCUT2D eigenvalue weighted by Crippen LogP contribution is -2.22. The zero-order chi connectivity index (χ0) is 29.2. The molecule has 2 aliphatic rings. The quantitative estimate of drug-likeness (QED) is 0.135. The molecular formula is C35H44F4O2.